The van der Waals surface area contributed by atoms with Gasteiger partial charge in [-0.3, -0.25) is 9.59 Å². The average Bonchev–Trinajstić information content (AvgIpc) is 2.75. The van der Waals surface area contributed by atoms with Crippen LogP contribution >= 0.6 is 35.0 Å². The van der Waals surface area contributed by atoms with Gasteiger partial charge in [0.2, 0.25) is 11.8 Å². The van der Waals surface area contributed by atoms with Gasteiger partial charge in [0.25, 0.3) is 0 Å². The van der Waals surface area contributed by atoms with Crippen molar-refractivity contribution >= 4 is 46.8 Å². The van der Waals surface area contributed by atoms with Crippen LogP contribution in [0.3, 0.4) is 0 Å². The lowest BCUT2D eigenvalue weighted by molar-refractivity contribution is -0.138. The second-order valence-corrected chi connectivity index (χ2v) is 9.01. The Balaban J connectivity index is 2.06. The Hall–Kier alpha value is -1.76. The molecule has 0 saturated heterocycles. The monoisotopic (exact) mass is 484 g/mol. The van der Waals surface area contributed by atoms with Crippen LogP contribution in [0.1, 0.15) is 37.8 Å². The number of rotatable bonds is 11. The fraction of sp³-hybridized carbons (Fsp3) is 0.391. The summed E-state index contributed by atoms with van der Waals surface area (Å²) in [5.74, 6) is 0.136. The summed E-state index contributed by atoms with van der Waals surface area (Å²) in [6.07, 6.45) is 1.85. The van der Waals surface area contributed by atoms with Gasteiger partial charge in [0.15, 0.2) is 0 Å². The summed E-state index contributed by atoms with van der Waals surface area (Å²) >= 11 is 13.5. The van der Waals surface area contributed by atoms with Gasteiger partial charge in [-0.2, -0.15) is 0 Å². The molecule has 2 aromatic carbocycles. The van der Waals surface area contributed by atoms with Gasteiger partial charge in [-0.05, 0) is 48.7 Å². The zero-order chi connectivity index (χ0) is 22.8. The highest BCUT2D eigenvalue weighted by Crippen LogP contribution is 2.24. The van der Waals surface area contributed by atoms with Crippen molar-refractivity contribution in [2.75, 3.05) is 12.3 Å². The number of nitrogens with one attached hydrogen (secondary N) is 1. The van der Waals surface area contributed by atoms with Crippen LogP contribution in [0.4, 0.5) is 4.39 Å². The minimum atomic E-state index is -0.634. The number of hydrogen-bond donors (Lipinski definition) is 1. The van der Waals surface area contributed by atoms with Crippen LogP contribution in [0.2, 0.25) is 10.0 Å². The van der Waals surface area contributed by atoms with E-state index >= 15 is 0 Å². The van der Waals surface area contributed by atoms with Crippen molar-refractivity contribution < 1.29 is 14.0 Å². The summed E-state index contributed by atoms with van der Waals surface area (Å²) in [6.45, 7) is 4.60. The summed E-state index contributed by atoms with van der Waals surface area (Å²) in [5, 5.41) is 3.72. The molecule has 0 radical (unpaired) electrons. The van der Waals surface area contributed by atoms with E-state index in [1.54, 1.807) is 42.2 Å². The third kappa shape index (κ3) is 8.36. The van der Waals surface area contributed by atoms with Gasteiger partial charge >= 0.3 is 0 Å². The van der Waals surface area contributed by atoms with Crippen LogP contribution in [0.25, 0.3) is 0 Å². The van der Waals surface area contributed by atoms with Crippen LogP contribution in [-0.2, 0) is 21.9 Å². The quantitative estimate of drug-likeness (QED) is 0.416. The van der Waals surface area contributed by atoms with E-state index in [4.69, 9.17) is 23.2 Å². The molecule has 0 bridgehead atoms. The lowest BCUT2D eigenvalue weighted by atomic mass is 10.1. The fourth-order valence-corrected chi connectivity index (χ4v) is 4.06. The van der Waals surface area contributed by atoms with Crippen molar-refractivity contribution in [1.82, 2.24) is 10.2 Å². The fourth-order valence-electron chi connectivity index (χ4n) is 2.87. The van der Waals surface area contributed by atoms with Crippen molar-refractivity contribution in [3.8, 4) is 0 Å². The SMILES string of the molecule is CCCCNC(=O)[C@H](C)N(Cc1ccc(Cl)c(Cl)c1)C(=O)CSCc1ccc(F)cc1. The molecule has 0 aliphatic heterocycles. The minimum absolute atomic E-state index is 0.156. The first-order valence-corrected chi connectivity index (χ1v) is 12.1. The van der Waals surface area contributed by atoms with E-state index in [9.17, 15) is 14.0 Å². The Kier molecular flexibility index (Phi) is 10.6. The van der Waals surface area contributed by atoms with Crippen LogP contribution in [0.15, 0.2) is 42.5 Å². The molecule has 2 aromatic rings. The molecule has 1 atom stereocenters. The Labute approximate surface area is 197 Å². The van der Waals surface area contributed by atoms with Gasteiger partial charge < -0.3 is 10.2 Å². The van der Waals surface area contributed by atoms with Crippen LogP contribution in [0, 0.1) is 5.82 Å². The molecule has 31 heavy (non-hydrogen) atoms. The third-order valence-electron chi connectivity index (χ3n) is 4.74. The summed E-state index contributed by atoms with van der Waals surface area (Å²) < 4.78 is 13.1. The predicted molar refractivity (Wildman–Crippen MR) is 127 cm³/mol. The maximum Gasteiger partial charge on any atom is 0.242 e. The highest BCUT2D eigenvalue weighted by Gasteiger charge is 2.26. The molecule has 0 unspecified atom stereocenters. The Morgan fingerprint density at radius 2 is 1.77 bits per heavy atom. The molecular formula is C23H27Cl2FN2O2S. The number of halogens is 3. The van der Waals surface area contributed by atoms with E-state index < -0.39 is 6.04 Å². The molecule has 0 saturated carbocycles. The first-order chi connectivity index (χ1) is 14.8. The van der Waals surface area contributed by atoms with Crippen molar-refractivity contribution in [3.05, 3.63) is 69.5 Å². The normalized spacial score (nSPS) is 11.8. The number of carbonyl (C=O) groups is 2. The Bertz CT molecular complexity index is 880. The van der Waals surface area contributed by atoms with Crippen LogP contribution < -0.4 is 5.32 Å². The number of benzene rings is 2. The van der Waals surface area contributed by atoms with E-state index in [0.29, 0.717) is 22.3 Å². The molecule has 2 rings (SSSR count). The largest absolute Gasteiger partial charge is 0.354 e. The first-order valence-electron chi connectivity index (χ1n) is 10.1. The molecule has 0 fully saturated rings. The maximum atomic E-state index is 13.1. The number of nitrogens with zero attached hydrogens (tertiary/aromatic N) is 1. The molecule has 168 valence electrons. The summed E-state index contributed by atoms with van der Waals surface area (Å²) in [4.78, 5) is 27.2. The summed E-state index contributed by atoms with van der Waals surface area (Å²) in [5.41, 5.74) is 1.72. The molecular weight excluding hydrogens is 458 g/mol. The number of hydrogen-bond acceptors (Lipinski definition) is 3. The molecule has 0 aliphatic rings. The van der Waals surface area contributed by atoms with Gasteiger partial charge in [-0.25, -0.2) is 4.39 Å². The second-order valence-electron chi connectivity index (χ2n) is 7.21. The van der Waals surface area contributed by atoms with Gasteiger partial charge in [-0.15, -0.1) is 11.8 Å². The van der Waals surface area contributed by atoms with E-state index in [1.165, 1.54) is 23.9 Å². The number of unbranched alkanes of at least 4 members (excludes halogenated alkanes) is 1. The molecule has 0 aliphatic carbocycles. The van der Waals surface area contributed by atoms with Gasteiger partial charge in [0, 0.05) is 18.8 Å². The van der Waals surface area contributed by atoms with E-state index in [0.717, 1.165) is 24.0 Å². The smallest absolute Gasteiger partial charge is 0.242 e. The Morgan fingerprint density at radius 3 is 2.42 bits per heavy atom. The van der Waals surface area contributed by atoms with Gasteiger partial charge in [-0.1, -0.05) is 54.7 Å². The van der Waals surface area contributed by atoms with Crippen molar-refractivity contribution in [1.29, 1.82) is 0 Å². The molecule has 0 heterocycles. The molecule has 4 nitrogen and oxygen atoms in total. The molecule has 8 heteroatoms. The van der Waals surface area contributed by atoms with Gasteiger partial charge in [0.05, 0.1) is 15.8 Å². The third-order valence-corrected chi connectivity index (χ3v) is 6.47. The highest BCUT2D eigenvalue weighted by atomic mass is 35.5. The van der Waals surface area contributed by atoms with E-state index in [1.807, 2.05) is 6.92 Å². The minimum Gasteiger partial charge on any atom is -0.354 e. The average molecular weight is 485 g/mol. The molecule has 2 amide bonds. The molecule has 0 spiro atoms. The van der Waals surface area contributed by atoms with E-state index in [-0.39, 0.29) is 29.9 Å². The summed E-state index contributed by atoms with van der Waals surface area (Å²) in [6, 6.07) is 10.7. The number of thioether (sulfide) groups is 1. The lowest BCUT2D eigenvalue weighted by Gasteiger charge is -2.29. The standard InChI is InChI=1S/C23H27Cl2FN2O2S/c1-3-4-11-27-23(30)16(2)28(13-18-7-10-20(24)21(25)12-18)22(29)15-31-14-17-5-8-19(26)9-6-17/h5-10,12,16H,3-4,11,13-15H2,1-2H3,(H,27,30)/t16-/m0/s1. The highest BCUT2D eigenvalue weighted by molar-refractivity contribution is 7.99. The zero-order valence-corrected chi connectivity index (χ0v) is 20.0. The number of amides is 2. The maximum absolute atomic E-state index is 13.1. The van der Waals surface area contributed by atoms with Crippen molar-refractivity contribution in [2.24, 2.45) is 0 Å². The second kappa shape index (κ2) is 12.9. The number of carbonyl (C=O) groups excluding carboxylic acids is 2. The van der Waals surface area contributed by atoms with Crippen molar-refractivity contribution in [2.45, 2.75) is 45.0 Å². The van der Waals surface area contributed by atoms with Crippen LogP contribution in [0.5, 0.6) is 0 Å². The zero-order valence-electron chi connectivity index (χ0n) is 17.7. The predicted octanol–water partition coefficient (Wildman–Crippen LogP) is 5.70. The van der Waals surface area contributed by atoms with Crippen LogP contribution in [-0.4, -0.2) is 35.1 Å². The molecule has 1 N–H and O–H groups in total. The topological polar surface area (TPSA) is 49.4 Å². The Morgan fingerprint density at radius 1 is 1.10 bits per heavy atom. The first kappa shape index (κ1) is 25.5. The van der Waals surface area contributed by atoms with E-state index in [2.05, 4.69) is 5.32 Å². The summed E-state index contributed by atoms with van der Waals surface area (Å²) in [7, 11) is 0. The lowest BCUT2D eigenvalue weighted by Crippen LogP contribution is -2.48. The molecule has 0 aromatic heterocycles. The van der Waals surface area contributed by atoms with Gasteiger partial charge in [0.1, 0.15) is 11.9 Å². The van der Waals surface area contributed by atoms with Crippen molar-refractivity contribution in [3.63, 3.8) is 0 Å².